The summed E-state index contributed by atoms with van der Waals surface area (Å²) in [6.07, 6.45) is 3.99. The minimum atomic E-state index is -0.612. The second kappa shape index (κ2) is 7.87. The van der Waals surface area contributed by atoms with Crippen LogP contribution >= 0.6 is 11.3 Å². The standard InChI is InChI=1S/C19H20N2O5S/c1-11-7-15(16(21(24)25)8-12(11)2)20-18(22)9-26-19(23)14-10-27-17-6-4-3-5-13(14)17/h7-8,10H,3-6,9H2,1-2H3,(H,20,22). The predicted molar refractivity (Wildman–Crippen MR) is 102 cm³/mol. The van der Waals surface area contributed by atoms with Gasteiger partial charge < -0.3 is 10.1 Å². The molecular weight excluding hydrogens is 368 g/mol. The van der Waals surface area contributed by atoms with E-state index in [1.165, 1.54) is 10.9 Å². The average Bonchev–Trinajstić information content (AvgIpc) is 3.06. The Hall–Kier alpha value is -2.74. The predicted octanol–water partition coefficient (Wildman–Crippen LogP) is 3.95. The van der Waals surface area contributed by atoms with Gasteiger partial charge in [-0.15, -0.1) is 11.3 Å². The topological polar surface area (TPSA) is 98.5 Å². The fraction of sp³-hybridized carbons (Fsp3) is 0.368. The van der Waals surface area contributed by atoms with Crippen LogP contribution < -0.4 is 5.32 Å². The number of nitro groups is 1. The Balaban J connectivity index is 1.65. The SMILES string of the molecule is Cc1cc(NC(=O)COC(=O)c2csc3c2CCCC3)c([N+](=O)[O-])cc1C. The highest BCUT2D eigenvalue weighted by Crippen LogP contribution is 2.31. The number of nitrogens with zero attached hydrogens (tertiary/aromatic N) is 1. The minimum absolute atomic E-state index is 0.0945. The summed E-state index contributed by atoms with van der Waals surface area (Å²) < 4.78 is 5.13. The number of rotatable bonds is 5. The molecule has 0 saturated carbocycles. The Morgan fingerprint density at radius 1 is 1.22 bits per heavy atom. The van der Waals surface area contributed by atoms with Crippen molar-refractivity contribution in [1.82, 2.24) is 0 Å². The van der Waals surface area contributed by atoms with Crippen molar-refractivity contribution in [1.29, 1.82) is 0 Å². The maximum absolute atomic E-state index is 12.3. The molecule has 1 aromatic heterocycles. The molecule has 1 amide bonds. The van der Waals surface area contributed by atoms with Crippen molar-refractivity contribution in [2.24, 2.45) is 0 Å². The molecule has 7 nitrogen and oxygen atoms in total. The van der Waals surface area contributed by atoms with Crippen LogP contribution in [-0.4, -0.2) is 23.4 Å². The third-order valence-corrected chi connectivity index (χ3v) is 5.79. The molecule has 1 aromatic carbocycles. The maximum atomic E-state index is 12.3. The second-order valence-corrected chi connectivity index (χ2v) is 7.56. The van der Waals surface area contributed by atoms with Gasteiger partial charge in [0.2, 0.25) is 0 Å². The molecule has 0 unspecified atom stereocenters. The lowest BCUT2D eigenvalue weighted by Crippen LogP contribution is -2.22. The van der Waals surface area contributed by atoms with Crippen molar-refractivity contribution < 1.29 is 19.2 Å². The van der Waals surface area contributed by atoms with Crippen LogP contribution in [0.5, 0.6) is 0 Å². The summed E-state index contributed by atoms with van der Waals surface area (Å²) in [4.78, 5) is 36.3. The molecule has 142 valence electrons. The van der Waals surface area contributed by atoms with Gasteiger partial charge in [0.15, 0.2) is 6.61 Å². The summed E-state index contributed by atoms with van der Waals surface area (Å²) in [5.41, 5.74) is 3.04. The molecule has 8 heteroatoms. The lowest BCUT2D eigenvalue weighted by atomic mass is 9.96. The number of thiophene rings is 1. The molecule has 0 aliphatic heterocycles. The normalized spacial score (nSPS) is 13.0. The largest absolute Gasteiger partial charge is 0.452 e. The summed E-state index contributed by atoms with van der Waals surface area (Å²) in [5, 5.41) is 15.4. The molecule has 0 fully saturated rings. The molecule has 1 aliphatic rings. The Labute approximate surface area is 160 Å². The van der Waals surface area contributed by atoms with Gasteiger partial charge in [-0.1, -0.05) is 0 Å². The van der Waals surface area contributed by atoms with Crippen LogP contribution in [0.1, 0.15) is 44.8 Å². The first-order valence-electron chi connectivity index (χ1n) is 8.68. The summed E-state index contributed by atoms with van der Waals surface area (Å²) in [5.74, 6) is -1.14. The highest BCUT2D eigenvalue weighted by atomic mass is 32.1. The molecule has 3 rings (SSSR count). The van der Waals surface area contributed by atoms with Crippen LogP contribution in [0.3, 0.4) is 0 Å². The number of benzene rings is 1. The molecule has 0 radical (unpaired) electrons. The van der Waals surface area contributed by atoms with Gasteiger partial charge in [-0.2, -0.15) is 0 Å². The number of nitrogens with one attached hydrogen (secondary N) is 1. The van der Waals surface area contributed by atoms with Gasteiger partial charge in [0.1, 0.15) is 5.69 Å². The Morgan fingerprint density at radius 2 is 1.93 bits per heavy atom. The number of hydrogen-bond donors (Lipinski definition) is 1. The van der Waals surface area contributed by atoms with Crippen molar-refractivity contribution in [2.75, 3.05) is 11.9 Å². The highest BCUT2D eigenvalue weighted by Gasteiger charge is 2.22. The van der Waals surface area contributed by atoms with Crippen molar-refractivity contribution in [3.05, 3.63) is 54.8 Å². The van der Waals surface area contributed by atoms with E-state index >= 15 is 0 Å². The fourth-order valence-electron chi connectivity index (χ4n) is 3.11. The molecular formula is C19H20N2O5S. The quantitative estimate of drug-likeness (QED) is 0.475. The number of esters is 1. The first-order valence-corrected chi connectivity index (χ1v) is 9.56. The molecule has 0 atom stereocenters. The van der Waals surface area contributed by atoms with Crippen LogP contribution in [0.4, 0.5) is 11.4 Å². The van der Waals surface area contributed by atoms with Gasteiger partial charge in [0.25, 0.3) is 11.6 Å². The molecule has 27 heavy (non-hydrogen) atoms. The minimum Gasteiger partial charge on any atom is -0.452 e. The molecule has 0 saturated heterocycles. The van der Waals surface area contributed by atoms with Crippen LogP contribution in [-0.2, 0) is 22.4 Å². The van der Waals surface area contributed by atoms with E-state index in [9.17, 15) is 19.7 Å². The van der Waals surface area contributed by atoms with Gasteiger partial charge in [-0.3, -0.25) is 14.9 Å². The smallest absolute Gasteiger partial charge is 0.339 e. The van der Waals surface area contributed by atoms with E-state index in [1.807, 2.05) is 0 Å². The van der Waals surface area contributed by atoms with Gasteiger partial charge in [-0.05, 0) is 62.3 Å². The zero-order chi connectivity index (χ0) is 19.6. The van der Waals surface area contributed by atoms with Crippen LogP contribution in [0.25, 0.3) is 0 Å². The number of hydrogen-bond acceptors (Lipinski definition) is 6. The highest BCUT2D eigenvalue weighted by molar-refractivity contribution is 7.10. The monoisotopic (exact) mass is 388 g/mol. The lowest BCUT2D eigenvalue weighted by molar-refractivity contribution is -0.384. The number of amides is 1. The number of carbonyl (C=O) groups is 2. The van der Waals surface area contributed by atoms with Crippen molar-refractivity contribution in [3.63, 3.8) is 0 Å². The van der Waals surface area contributed by atoms with E-state index in [1.54, 1.807) is 36.6 Å². The van der Waals surface area contributed by atoms with Gasteiger partial charge in [-0.25, -0.2) is 4.79 Å². The van der Waals surface area contributed by atoms with E-state index in [2.05, 4.69) is 5.32 Å². The van der Waals surface area contributed by atoms with E-state index in [-0.39, 0.29) is 11.4 Å². The third-order valence-electron chi connectivity index (χ3n) is 4.70. The molecule has 0 spiro atoms. The van der Waals surface area contributed by atoms with Crippen LogP contribution in [0.15, 0.2) is 17.5 Å². The molecule has 1 heterocycles. The summed E-state index contributed by atoms with van der Waals surface area (Å²) >= 11 is 1.55. The second-order valence-electron chi connectivity index (χ2n) is 6.59. The van der Waals surface area contributed by atoms with E-state index in [4.69, 9.17) is 4.74 Å². The zero-order valence-electron chi connectivity index (χ0n) is 15.2. The van der Waals surface area contributed by atoms with Gasteiger partial charge in [0, 0.05) is 16.3 Å². The fourth-order valence-corrected chi connectivity index (χ4v) is 4.23. The summed E-state index contributed by atoms with van der Waals surface area (Å²) in [6.45, 7) is 3.07. The van der Waals surface area contributed by atoms with Crippen molar-refractivity contribution >= 4 is 34.6 Å². The van der Waals surface area contributed by atoms with Gasteiger partial charge in [0.05, 0.1) is 10.5 Å². The molecule has 0 bridgehead atoms. The Kier molecular flexibility index (Phi) is 5.55. The molecule has 1 N–H and O–H groups in total. The Morgan fingerprint density at radius 3 is 2.67 bits per heavy atom. The number of anilines is 1. The third kappa shape index (κ3) is 4.16. The lowest BCUT2D eigenvalue weighted by Gasteiger charge is -2.12. The summed E-state index contributed by atoms with van der Waals surface area (Å²) in [7, 11) is 0. The first kappa shape index (κ1) is 19.0. The van der Waals surface area contributed by atoms with E-state index in [0.29, 0.717) is 5.56 Å². The molecule has 1 aliphatic carbocycles. The maximum Gasteiger partial charge on any atom is 0.339 e. The van der Waals surface area contributed by atoms with Crippen LogP contribution in [0, 0.1) is 24.0 Å². The number of nitro benzene ring substituents is 1. The van der Waals surface area contributed by atoms with Gasteiger partial charge >= 0.3 is 5.97 Å². The van der Waals surface area contributed by atoms with E-state index < -0.39 is 23.4 Å². The number of carbonyl (C=O) groups excluding carboxylic acids is 2. The first-order chi connectivity index (χ1) is 12.9. The van der Waals surface area contributed by atoms with E-state index in [0.717, 1.165) is 42.4 Å². The van der Waals surface area contributed by atoms with Crippen LogP contribution in [0.2, 0.25) is 0 Å². The Bertz CT molecular complexity index is 919. The zero-order valence-corrected chi connectivity index (χ0v) is 16.0. The molecule has 2 aromatic rings. The van der Waals surface area contributed by atoms with Crippen molar-refractivity contribution in [2.45, 2.75) is 39.5 Å². The van der Waals surface area contributed by atoms with Crippen molar-refractivity contribution in [3.8, 4) is 0 Å². The number of fused-ring (bicyclic) bond motifs is 1. The number of aryl methyl sites for hydroxylation is 3. The number of ether oxygens (including phenoxy) is 1. The average molecular weight is 388 g/mol. The summed E-state index contributed by atoms with van der Waals surface area (Å²) in [6, 6.07) is 2.96.